The molecule has 1 aliphatic heterocycles. The fourth-order valence-corrected chi connectivity index (χ4v) is 3.04. The number of hydrogen-bond donors (Lipinski definition) is 1. The van der Waals surface area contributed by atoms with Crippen LogP contribution in [0, 0.1) is 11.3 Å². The van der Waals surface area contributed by atoms with Crippen molar-refractivity contribution in [2.24, 2.45) is 17.1 Å². The van der Waals surface area contributed by atoms with Crippen molar-refractivity contribution in [2.75, 3.05) is 13.2 Å². The summed E-state index contributed by atoms with van der Waals surface area (Å²) in [6.07, 6.45) is 6.15. The lowest BCUT2D eigenvalue weighted by molar-refractivity contribution is -0.110. The van der Waals surface area contributed by atoms with Crippen LogP contribution in [-0.2, 0) is 4.74 Å². The quantitative estimate of drug-likeness (QED) is 0.781. The van der Waals surface area contributed by atoms with E-state index in [2.05, 4.69) is 27.7 Å². The van der Waals surface area contributed by atoms with E-state index < -0.39 is 0 Å². The summed E-state index contributed by atoms with van der Waals surface area (Å²) in [5.74, 6) is 0.792. The molecule has 0 amide bonds. The highest BCUT2D eigenvalue weighted by atomic mass is 16.5. The van der Waals surface area contributed by atoms with E-state index in [-0.39, 0.29) is 5.60 Å². The van der Waals surface area contributed by atoms with Crippen LogP contribution in [0.2, 0.25) is 0 Å². The van der Waals surface area contributed by atoms with Crippen LogP contribution in [0.25, 0.3) is 0 Å². The van der Waals surface area contributed by atoms with Crippen LogP contribution < -0.4 is 5.73 Å². The maximum atomic E-state index is 5.83. The molecule has 0 bridgehead atoms. The average molecular weight is 227 g/mol. The second kappa shape index (κ2) is 5.50. The van der Waals surface area contributed by atoms with Gasteiger partial charge in [0.2, 0.25) is 0 Å². The van der Waals surface area contributed by atoms with Gasteiger partial charge in [-0.15, -0.1) is 0 Å². The lowest BCUT2D eigenvalue weighted by atomic mass is 9.68. The summed E-state index contributed by atoms with van der Waals surface area (Å²) in [6.45, 7) is 10.8. The van der Waals surface area contributed by atoms with Crippen LogP contribution in [0.3, 0.4) is 0 Å². The highest BCUT2D eigenvalue weighted by Crippen LogP contribution is 2.45. The third-order valence-corrected chi connectivity index (χ3v) is 3.85. The zero-order chi connectivity index (χ0) is 12.2. The second-order valence-corrected chi connectivity index (χ2v) is 6.51. The Hall–Kier alpha value is -0.0800. The molecule has 0 spiro atoms. The predicted molar refractivity (Wildman–Crippen MR) is 69.4 cm³/mol. The summed E-state index contributed by atoms with van der Waals surface area (Å²) in [4.78, 5) is 0. The maximum Gasteiger partial charge on any atom is 0.0631 e. The molecule has 1 atom stereocenters. The minimum Gasteiger partial charge on any atom is -0.376 e. The number of hydrogen-bond acceptors (Lipinski definition) is 2. The van der Waals surface area contributed by atoms with Crippen molar-refractivity contribution in [3.05, 3.63) is 0 Å². The summed E-state index contributed by atoms with van der Waals surface area (Å²) in [6, 6.07) is 0. The molecule has 0 radical (unpaired) electrons. The smallest absolute Gasteiger partial charge is 0.0631 e. The molecule has 1 saturated heterocycles. The monoisotopic (exact) mass is 227 g/mol. The molecule has 1 unspecified atom stereocenters. The van der Waals surface area contributed by atoms with Crippen LogP contribution in [0.4, 0.5) is 0 Å². The van der Waals surface area contributed by atoms with Crippen LogP contribution in [0.5, 0.6) is 0 Å². The van der Waals surface area contributed by atoms with Crippen LogP contribution in [0.1, 0.15) is 59.8 Å². The molecule has 0 saturated carbocycles. The van der Waals surface area contributed by atoms with Gasteiger partial charge in [-0.3, -0.25) is 0 Å². The third-order valence-electron chi connectivity index (χ3n) is 3.85. The van der Waals surface area contributed by atoms with Crippen molar-refractivity contribution in [3.63, 3.8) is 0 Å². The van der Waals surface area contributed by atoms with Crippen molar-refractivity contribution < 1.29 is 4.74 Å². The van der Waals surface area contributed by atoms with Crippen molar-refractivity contribution in [1.82, 2.24) is 0 Å². The Morgan fingerprint density at radius 3 is 2.44 bits per heavy atom. The molecule has 0 aromatic rings. The van der Waals surface area contributed by atoms with Crippen molar-refractivity contribution in [2.45, 2.75) is 65.4 Å². The predicted octanol–water partition coefficient (Wildman–Crippen LogP) is 3.35. The number of nitrogens with two attached hydrogens (primary N) is 1. The highest BCUT2D eigenvalue weighted by molar-refractivity contribution is 4.90. The third kappa shape index (κ3) is 4.06. The van der Waals surface area contributed by atoms with E-state index in [0.29, 0.717) is 5.41 Å². The van der Waals surface area contributed by atoms with Gasteiger partial charge in [-0.2, -0.15) is 0 Å². The molecule has 0 aromatic heterocycles. The fraction of sp³-hybridized carbons (Fsp3) is 1.00. The molecule has 2 N–H and O–H groups in total. The Labute approximate surface area is 101 Å². The Morgan fingerprint density at radius 1 is 1.25 bits per heavy atom. The molecule has 96 valence electrons. The van der Waals surface area contributed by atoms with Crippen molar-refractivity contribution >= 4 is 0 Å². The molecule has 1 heterocycles. The molecular weight excluding hydrogens is 198 g/mol. The average Bonchev–Trinajstić information content (AvgIpc) is 2.14. The zero-order valence-corrected chi connectivity index (χ0v) is 11.5. The Kier molecular flexibility index (Phi) is 4.81. The zero-order valence-electron chi connectivity index (χ0n) is 11.5. The first-order chi connectivity index (χ1) is 7.39. The van der Waals surface area contributed by atoms with E-state index in [1.54, 1.807) is 0 Å². The van der Waals surface area contributed by atoms with Gasteiger partial charge in [0, 0.05) is 6.61 Å². The molecule has 2 nitrogen and oxygen atoms in total. The van der Waals surface area contributed by atoms with Gasteiger partial charge in [0.25, 0.3) is 0 Å². The van der Waals surface area contributed by atoms with E-state index in [4.69, 9.17) is 10.5 Å². The van der Waals surface area contributed by atoms with Gasteiger partial charge in [0.1, 0.15) is 0 Å². The van der Waals surface area contributed by atoms with Gasteiger partial charge in [-0.25, -0.2) is 0 Å². The minimum atomic E-state index is 0.0460. The van der Waals surface area contributed by atoms with Gasteiger partial charge in [0.15, 0.2) is 0 Å². The summed E-state index contributed by atoms with van der Waals surface area (Å²) in [5.41, 5.74) is 6.29. The van der Waals surface area contributed by atoms with Crippen LogP contribution in [0.15, 0.2) is 0 Å². The Bertz CT molecular complexity index is 209. The summed E-state index contributed by atoms with van der Waals surface area (Å²) < 4.78 is 5.83. The fourth-order valence-electron chi connectivity index (χ4n) is 3.04. The first kappa shape index (κ1) is 14.0. The van der Waals surface area contributed by atoms with Gasteiger partial charge < -0.3 is 10.5 Å². The molecule has 1 aliphatic rings. The van der Waals surface area contributed by atoms with E-state index in [1.807, 2.05) is 0 Å². The molecular formula is C14H29NO. The minimum absolute atomic E-state index is 0.0460. The van der Waals surface area contributed by atoms with E-state index >= 15 is 0 Å². The molecule has 1 rings (SSSR count). The topological polar surface area (TPSA) is 35.2 Å². The number of rotatable bonds is 5. The van der Waals surface area contributed by atoms with Crippen LogP contribution in [-0.4, -0.2) is 18.8 Å². The first-order valence-corrected chi connectivity index (χ1v) is 6.73. The van der Waals surface area contributed by atoms with Crippen LogP contribution >= 0.6 is 0 Å². The molecule has 0 aliphatic carbocycles. The highest BCUT2D eigenvalue weighted by Gasteiger charge is 2.39. The van der Waals surface area contributed by atoms with E-state index in [0.717, 1.165) is 25.5 Å². The Balaban J connectivity index is 2.63. The second-order valence-electron chi connectivity index (χ2n) is 6.51. The lowest BCUT2D eigenvalue weighted by Gasteiger charge is -2.45. The van der Waals surface area contributed by atoms with E-state index in [9.17, 15) is 0 Å². The lowest BCUT2D eigenvalue weighted by Crippen LogP contribution is -2.42. The molecule has 16 heavy (non-hydrogen) atoms. The first-order valence-electron chi connectivity index (χ1n) is 6.73. The molecule has 0 aromatic carbocycles. The summed E-state index contributed by atoms with van der Waals surface area (Å²) >= 11 is 0. The number of ether oxygens (including phenoxy) is 1. The standard InChI is InChI=1S/C14H29NO/c1-12(2)5-6-14(7-9-15)8-10-16-13(3,4)11-14/h12H,5-11,15H2,1-4H3. The summed E-state index contributed by atoms with van der Waals surface area (Å²) in [7, 11) is 0. The van der Waals surface area contributed by atoms with E-state index in [1.165, 1.54) is 25.7 Å². The van der Waals surface area contributed by atoms with Gasteiger partial charge in [0.05, 0.1) is 5.60 Å². The maximum absolute atomic E-state index is 5.83. The van der Waals surface area contributed by atoms with Gasteiger partial charge in [-0.1, -0.05) is 20.3 Å². The SMILES string of the molecule is CC(C)CCC1(CCN)CCOC(C)(C)C1. The van der Waals surface area contributed by atoms with Crippen molar-refractivity contribution in [3.8, 4) is 0 Å². The van der Waals surface area contributed by atoms with Gasteiger partial charge in [-0.05, 0) is 57.4 Å². The molecule has 1 fully saturated rings. The van der Waals surface area contributed by atoms with Gasteiger partial charge >= 0.3 is 0 Å². The van der Waals surface area contributed by atoms with Crippen molar-refractivity contribution in [1.29, 1.82) is 0 Å². The largest absolute Gasteiger partial charge is 0.376 e. The normalized spacial score (nSPS) is 29.6. The molecule has 2 heteroatoms. The Morgan fingerprint density at radius 2 is 1.94 bits per heavy atom. The summed E-state index contributed by atoms with van der Waals surface area (Å²) in [5, 5.41) is 0.